The standard InChI is InChI=1S/C10H9Cl2FN2O3S/c1-18-9(17)15(7-5-3-2-4-6-7)8(16)14-19-10(11,12)13/h2-6H,1H3,(H,14,16). The molecule has 0 unspecified atom stereocenters. The number of nitrogens with zero attached hydrogens (tertiary/aromatic N) is 1. The van der Waals surface area contributed by atoms with Crippen molar-refractivity contribution >= 4 is 53.0 Å². The quantitative estimate of drug-likeness (QED) is 0.680. The van der Waals surface area contributed by atoms with Crippen molar-refractivity contribution in [3.63, 3.8) is 0 Å². The zero-order chi connectivity index (χ0) is 14.5. The largest absolute Gasteiger partial charge is 0.452 e. The van der Waals surface area contributed by atoms with Gasteiger partial charge in [0.25, 0.3) is 0 Å². The average Bonchev–Trinajstić information content (AvgIpc) is 2.37. The lowest BCUT2D eigenvalue weighted by atomic mass is 10.3. The normalized spacial score (nSPS) is 10.7. The Hall–Kier alpha value is -1.18. The van der Waals surface area contributed by atoms with Crippen molar-refractivity contribution in [2.45, 2.75) is 3.92 Å². The van der Waals surface area contributed by atoms with Crippen molar-refractivity contribution in [3.8, 4) is 0 Å². The third-order valence-electron chi connectivity index (χ3n) is 1.83. The number of nitrogens with one attached hydrogen (secondary N) is 1. The van der Waals surface area contributed by atoms with Gasteiger partial charge in [-0.15, -0.1) is 0 Å². The Morgan fingerprint density at radius 1 is 1.37 bits per heavy atom. The molecule has 1 aromatic rings. The van der Waals surface area contributed by atoms with Gasteiger partial charge in [0, 0.05) is 11.9 Å². The van der Waals surface area contributed by atoms with Gasteiger partial charge in [-0.25, -0.2) is 9.59 Å². The van der Waals surface area contributed by atoms with E-state index in [0.717, 1.165) is 7.11 Å². The van der Waals surface area contributed by atoms with Gasteiger partial charge in [-0.2, -0.15) is 9.29 Å². The van der Waals surface area contributed by atoms with Gasteiger partial charge in [-0.3, -0.25) is 4.72 Å². The van der Waals surface area contributed by atoms with E-state index in [9.17, 15) is 14.0 Å². The first-order valence-electron chi connectivity index (χ1n) is 4.83. The Kier molecular flexibility index (Phi) is 5.71. The summed E-state index contributed by atoms with van der Waals surface area (Å²) in [6.45, 7) is 0. The number of hydrogen-bond acceptors (Lipinski definition) is 4. The van der Waals surface area contributed by atoms with Crippen molar-refractivity contribution in [1.82, 2.24) is 4.72 Å². The highest BCUT2D eigenvalue weighted by Crippen LogP contribution is 2.33. The summed E-state index contributed by atoms with van der Waals surface area (Å²) in [5, 5.41) is 0. The summed E-state index contributed by atoms with van der Waals surface area (Å²) in [4.78, 5) is 24.0. The molecule has 0 fully saturated rings. The minimum atomic E-state index is -2.70. The molecule has 1 aromatic carbocycles. The minimum absolute atomic E-state index is 0.108. The maximum atomic E-state index is 12.8. The van der Waals surface area contributed by atoms with Crippen molar-refractivity contribution in [2.24, 2.45) is 0 Å². The molecular formula is C10H9Cl2FN2O3S. The Morgan fingerprint density at radius 2 is 1.95 bits per heavy atom. The smallest absolute Gasteiger partial charge is 0.422 e. The average molecular weight is 327 g/mol. The van der Waals surface area contributed by atoms with E-state index in [1.807, 2.05) is 4.72 Å². The van der Waals surface area contributed by atoms with Crippen LogP contribution in [0, 0.1) is 0 Å². The number of benzene rings is 1. The maximum Gasteiger partial charge on any atom is 0.422 e. The third-order valence-corrected chi connectivity index (χ3v) is 2.80. The third kappa shape index (κ3) is 5.14. The molecule has 0 atom stereocenters. The van der Waals surface area contributed by atoms with Gasteiger partial charge in [-0.1, -0.05) is 41.4 Å². The highest BCUT2D eigenvalue weighted by Gasteiger charge is 2.29. The van der Waals surface area contributed by atoms with Gasteiger partial charge < -0.3 is 4.74 Å². The van der Waals surface area contributed by atoms with Gasteiger partial charge in [0.1, 0.15) is 0 Å². The van der Waals surface area contributed by atoms with Crippen molar-refractivity contribution in [2.75, 3.05) is 12.0 Å². The van der Waals surface area contributed by atoms with Crippen LogP contribution in [0.4, 0.5) is 19.7 Å². The molecule has 19 heavy (non-hydrogen) atoms. The molecule has 1 N–H and O–H groups in total. The lowest BCUT2D eigenvalue weighted by Crippen LogP contribution is -2.42. The van der Waals surface area contributed by atoms with E-state index >= 15 is 0 Å². The van der Waals surface area contributed by atoms with Gasteiger partial charge in [0.2, 0.25) is 0 Å². The highest BCUT2D eigenvalue weighted by atomic mass is 35.5. The van der Waals surface area contributed by atoms with Crippen molar-refractivity contribution in [3.05, 3.63) is 30.3 Å². The summed E-state index contributed by atoms with van der Waals surface area (Å²) in [6, 6.07) is 7.01. The Balaban J connectivity index is 2.87. The molecule has 0 aliphatic heterocycles. The van der Waals surface area contributed by atoms with E-state index in [2.05, 4.69) is 4.74 Å². The van der Waals surface area contributed by atoms with Crippen LogP contribution < -0.4 is 9.62 Å². The molecule has 0 aliphatic rings. The lowest BCUT2D eigenvalue weighted by molar-refractivity contribution is 0.178. The fourth-order valence-electron chi connectivity index (χ4n) is 1.12. The van der Waals surface area contributed by atoms with Crippen molar-refractivity contribution in [1.29, 1.82) is 0 Å². The van der Waals surface area contributed by atoms with Gasteiger partial charge in [-0.05, 0) is 12.1 Å². The van der Waals surface area contributed by atoms with Crippen LogP contribution in [-0.4, -0.2) is 23.2 Å². The number of amides is 3. The second-order valence-electron chi connectivity index (χ2n) is 3.10. The molecule has 5 nitrogen and oxygen atoms in total. The molecular weight excluding hydrogens is 318 g/mol. The monoisotopic (exact) mass is 326 g/mol. The highest BCUT2D eigenvalue weighted by molar-refractivity contribution is 8.01. The number of alkyl halides is 3. The number of anilines is 1. The van der Waals surface area contributed by atoms with Crippen LogP contribution in [0.2, 0.25) is 0 Å². The Bertz CT molecular complexity index is 456. The zero-order valence-corrected chi connectivity index (χ0v) is 11.9. The number of carbonyl (C=O) groups is 2. The summed E-state index contributed by atoms with van der Waals surface area (Å²) in [5.41, 5.74) is 0.251. The fraction of sp³-hybridized carbons (Fsp3) is 0.200. The molecule has 0 heterocycles. The zero-order valence-electron chi connectivity index (χ0n) is 9.60. The fourth-order valence-corrected chi connectivity index (χ4v) is 1.65. The topological polar surface area (TPSA) is 58.6 Å². The summed E-state index contributed by atoms with van der Waals surface area (Å²) < 4.78 is 16.6. The van der Waals surface area contributed by atoms with Crippen LogP contribution in [0.25, 0.3) is 0 Å². The summed E-state index contributed by atoms with van der Waals surface area (Å²) in [7, 11) is 1.11. The number of carbonyl (C=O) groups excluding carboxylic acids is 2. The minimum Gasteiger partial charge on any atom is -0.452 e. The molecule has 0 bridgehead atoms. The lowest BCUT2D eigenvalue weighted by Gasteiger charge is -2.20. The first-order valence-corrected chi connectivity index (χ1v) is 6.40. The predicted molar refractivity (Wildman–Crippen MR) is 73.0 cm³/mol. The number of rotatable bonds is 3. The number of hydrogen-bond donors (Lipinski definition) is 1. The van der Waals surface area contributed by atoms with E-state index in [1.54, 1.807) is 18.2 Å². The first-order chi connectivity index (χ1) is 8.85. The van der Waals surface area contributed by atoms with Gasteiger partial charge in [0.15, 0.2) is 0 Å². The molecule has 0 saturated carbocycles. The molecule has 0 saturated heterocycles. The van der Waals surface area contributed by atoms with Crippen molar-refractivity contribution < 1.29 is 18.7 Å². The summed E-state index contributed by atoms with van der Waals surface area (Å²) in [6.07, 6.45) is -0.932. The van der Waals surface area contributed by atoms with E-state index in [0.29, 0.717) is 4.90 Å². The molecule has 9 heteroatoms. The van der Waals surface area contributed by atoms with Crippen LogP contribution in [0.3, 0.4) is 0 Å². The maximum absolute atomic E-state index is 12.8. The number of methoxy groups -OCH3 is 1. The predicted octanol–water partition coefficient (Wildman–Crippen LogP) is 3.68. The number of urea groups is 1. The Morgan fingerprint density at radius 3 is 2.42 bits per heavy atom. The van der Waals surface area contributed by atoms with Crippen LogP contribution >= 0.6 is 35.1 Å². The molecule has 0 radical (unpaired) electrons. The van der Waals surface area contributed by atoms with Crippen LogP contribution in [-0.2, 0) is 4.74 Å². The van der Waals surface area contributed by atoms with E-state index in [4.69, 9.17) is 23.2 Å². The second kappa shape index (κ2) is 6.83. The van der Waals surface area contributed by atoms with Crippen LogP contribution in [0.5, 0.6) is 0 Å². The summed E-state index contributed by atoms with van der Waals surface area (Å²) in [5.74, 6) is 0. The van der Waals surface area contributed by atoms with E-state index in [-0.39, 0.29) is 17.6 Å². The SMILES string of the molecule is COC(=O)N(C(=O)NSC(F)(Cl)Cl)c1ccccc1. The Labute approximate surface area is 123 Å². The molecule has 104 valence electrons. The molecule has 1 rings (SSSR count). The van der Waals surface area contributed by atoms with Crippen LogP contribution in [0.1, 0.15) is 0 Å². The number of halogens is 3. The van der Waals surface area contributed by atoms with E-state index < -0.39 is 16.0 Å². The number of ether oxygens (including phenoxy) is 1. The molecule has 3 amide bonds. The van der Waals surface area contributed by atoms with Gasteiger partial charge in [0.05, 0.1) is 12.8 Å². The second-order valence-corrected chi connectivity index (χ2v) is 5.75. The summed E-state index contributed by atoms with van der Waals surface area (Å²) >= 11 is 10.2. The van der Waals surface area contributed by atoms with E-state index in [1.165, 1.54) is 12.1 Å². The molecule has 0 spiro atoms. The molecule has 0 aromatic heterocycles. The first kappa shape index (κ1) is 15.9. The van der Waals surface area contributed by atoms with Crippen LogP contribution in [0.15, 0.2) is 30.3 Å². The number of imide groups is 1. The van der Waals surface area contributed by atoms with Gasteiger partial charge >= 0.3 is 16.0 Å². The molecule has 0 aliphatic carbocycles. The number of para-hydroxylation sites is 1.